The van der Waals surface area contributed by atoms with Crippen molar-refractivity contribution < 1.29 is 17.9 Å². The molecule has 2 aromatic carbocycles. The smallest absolute Gasteiger partial charge is 0.241 e. The monoisotopic (exact) mass is 402 g/mol. The molecule has 0 aromatic heterocycles. The quantitative estimate of drug-likeness (QED) is 0.833. The average Bonchev–Trinajstić information content (AvgIpc) is 2.59. The molecule has 0 fully saturated rings. The summed E-state index contributed by atoms with van der Waals surface area (Å²) in [6, 6.07) is 14.3. The number of rotatable bonds is 5. The molecule has 0 aliphatic carbocycles. The normalized spacial score (nSPS) is 17.9. The number of benzene rings is 2. The minimum Gasteiger partial charge on any atom is -0.487 e. The number of amides is 1. The van der Waals surface area contributed by atoms with E-state index >= 15 is 0 Å². The van der Waals surface area contributed by atoms with Gasteiger partial charge in [-0.05, 0) is 39.0 Å². The molecule has 150 valence electrons. The Labute approximate surface area is 166 Å². The molecule has 2 aromatic rings. The summed E-state index contributed by atoms with van der Waals surface area (Å²) in [4.78, 5) is 12.8. The molecule has 28 heavy (non-hydrogen) atoms. The number of nitrogens with zero attached hydrogens (tertiary/aromatic N) is 1. The molecule has 1 N–H and O–H groups in total. The Morgan fingerprint density at radius 1 is 1.21 bits per heavy atom. The number of carbonyl (C=O) groups excluding carboxylic acids is 1. The summed E-state index contributed by atoms with van der Waals surface area (Å²) in [5.41, 5.74) is 2.02. The largest absolute Gasteiger partial charge is 0.487 e. The molecule has 1 aliphatic rings. The van der Waals surface area contributed by atoms with Gasteiger partial charge in [0.25, 0.3) is 0 Å². The van der Waals surface area contributed by atoms with E-state index in [-0.39, 0.29) is 18.5 Å². The lowest BCUT2D eigenvalue weighted by molar-refractivity contribution is -0.120. The first-order valence-corrected chi connectivity index (χ1v) is 11.0. The molecule has 1 amide bonds. The van der Waals surface area contributed by atoms with E-state index < -0.39 is 15.6 Å². The first-order chi connectivity index (χ1) is 13.0. The number of hydrogen-bond acceptors (Lipinski definition) is 4. The highest BCUT2D eigenvalue weighted by Gasteiger charge is 2.35. The van der Waals surface area contributed by atoms with Crippen LogP contribution >= 0.6 is 0 Å². The summed E-state index contributed by atoms with van der Waals surface area (Å²) < 4.78 is 31.6. The molecule has 3 rings (SSSR count). The van der Waals surface area contributed by atoms with Crippen LogP contribution in [0.2, 0.25) is 0 Å². The maximum absolute atomic E-state index is 12.8. The highest BCUT2D eigenvalue weighted by Crippen LogP contribution is 2.39. The lowest BCUT2D eigenvalue weighted by Crippen LogP contribution is -2.45. The van der Waals surface area contributed by atoms with Crippen molar-refractivity contribution in [1.29, 1.82) is 0 Å². The maximum atomic E-state index is 12.8. The van der Waals surface area contributed by atoms with Crippen molar-refractivity contribution in [3.63, 3.8) is 0 Å². The Balaban J connectivity index is 1.83. The predicted molar refractivity (Wildman–Crippen MR) is 110 cm³/mol. The second kappa shape index (κ2) is 7.47. The van der Waals surface area contributed by atoms with Crippen molar-refractivity contribution in [3.05, 3.63) is 59.7 Å². The van der Waals surface area contributed by atoms with Gasteiger partial charge in [-0.15, -0.1) is 0 Å². The summed E-state index contributed by atoms with van der Waals surface area (Å²) in [6.45, 7) is 5.66. The van der Waals surface area contributed by atoms with Crippen molar-refractivity contribution >= 4 is 21.6 Å². The van der Waals surface area contributed by atoms with Crippen molar-refractivity contribution in [2.24, 2.45) is 0 Å². The van der Waals surface area contributed by atoms with Gasteiger partial charge in [0.2, 0.25) is 15.9 Å². The Kier molecular flexibility index (Phi) is 5.39. The molecule has 1 atom stereocenters. The fourth-order valence-electron chi connectivity index (χ4n) is 3.47. The molecule has 6 nitrogen and oxygen atoms in total. The lowest BCUT2D eigenvalue weighted by Gasteiger charge is -2.38. The fraction of sp³-hybridized carbons (Fsp3) is 0.381. The van der Waals surface area contributed by atoms with Crippen molar-refractivity contribution in [3.8, 4) is 5.75 Å². The van der Waals surface area contributed by atoms with Crippen LogP contribution in [0.3, 0.4) is 0 Å². The van der Waals surface area contributed by atoms with Gasteiger partial charge >= 0.3 is 0 Å². The van der Waals surface area contributed by atoms with E-state index in [1.165, 1.54) is 0 Å². The minimum atomic E-state index is -3.60. The number of ether oxygens (including phenoxy) is 1. The van der Waals surface area contributed by atoms with Gasteiger partial charge in [-0.1, -0.05) is 35.9 Å². The summed E-state index contributed by atoms with van der Waals surface area (Å²) in [7, 11) is -3.60. The summed E-state index contributed by atoms with van der Waals surface area (Å²) >= 11 is 0. The average molecular weight is 403 g/mol. The Morgan fingerprint density at radius 3 is 2.54 bits per heavy atom. The zero-order valence-electron chi connectivity index (χ0n) is 16.6. The van der Waals surface area contributed by atoms with Gasteiger partial charge < -0.3 is 10.1 Å². The van der Waals surface area contributed by atoms with E-state index in [0.29, 0.717) is 12.1 Å². The molecule has 0 spiro atoms. The molecule has 0 saturated heterocycles. The fourth-order valence-corrected chi connectivity index (χ4v) is 4.32. The predicted octanol–water partition coefficient (Wildman–Crippen LogP) is 3.18. The second-order valence-electron chi connectivity index (χ2n) is 7.83. The van der Waals surface area contributed by atoms with Crippen molar-refractivity contribution in [1.82, 2.24) is 5.32 Å². The molecule has 0 radical (unpaired) electrons. The van der Waals surface area contributed by atoms with Crippen LogP contribution in [0.1, 0.15) is 37.4 Å². The number of nitrogens with one attached hydrogen (secondary N) is 1. The van der Waals surface area contributed by atoms with E-state index in [1.54, 1.807) is 30.3 Å². The summed E-state index contributed by atoms with van der Waals surface area (Å²) in [5.74, 6) is 0.389. The number of para-hydroxylation sites is 1. The molecule has 0 saturated carbocycles. The van der Waals surface area contributed by atoms with E-state index in [4.69, 9.17) is 4.74 Å². The van der Waals surface area contributed by atoms with Crippen LogP contribution in [0.25, 0.3) is 0 Å². The van der Waals surface area contributed by atoms with E-state index in [0.717, 1.165) is 27.4 Å². The molecule has 1 aliphatic heterocycles. The third kappa shape index (κ3) is 4.65. The molecular weight excluding hydrogens is 376 g/mol. The molecule has 1 heterocycles. The first-order valence-electron chi connectivity index (χ1n) is 9.17. The van der Waals surface area contributed by atoms with Gasteiger partial charge in [-0.25, -0.2) is 8.42 Å². The van der Waals surface area contributed by atoms with Crippen LogP contribution in [0, 0.1) is 6.92 Å². The number of anilines is 1. The topological polar surface area (TPSA) is 75.7 Å². The van der Waals surface area contributed by atoms with Crippen LogP contribution in [0.5, 0.6) is 5.75 Å². The van der Waals surface area contributed by atoms with Crippen LogP contribution in [0.15, 0.2) is 48.5 Å². The van der Waals surface area contributed by atoms with Crippen LogP contribution < -0.4 is 14.4 Å². The SMILES string of the molecule is Cc1ccc2c(c1)[C@H](NC(=O)CN(c1ccccc1)S(C)(=O)=O)CC(C)(C)O2. The third-order valence-electron chi connectivity index (χ3n) is 4.69. The van der Waals surface area contributed by atoms with Gasteiger partial charge in [-0.3, -0.25) is 9.10 Å². The summed E-state index contributed by atoms with van der Waals surface area (Å²) in [5, 5.41) is 3.01. The van der Waals surface area contributed by atoms with Crippen LogP contribution in [-0.4, -0.2) is 32.7 Å². The number of sulfonamides is 1. The van der Waals surface area contributed by atoms with Crippen LogP contribution in [0.4, 0.5) is 5.69 Å². The van der Waals surface area contributed by atoms with Crippen molar-refractivity contribution in [2.75, 3.05) is 17.1 Å². The second-order valence-corrected chi connectivity index (χ2v) is 9.74. The third-order valence-corrected chi connectivity index (χ3v) is 5.83. The minimum absolute atomic E-state index is 0.247. The van der Waals surface area contributed by atoms with E-state index in [9.17, 15) is 13.2 Å². The number of carbonyl (C=O) groups is 1. The maximum Gasteiger partial charge on any atom is 0.241 e. The molecule has 0 bridgehead atoms. The number of hydrogen-bond donors (Lipinski definition) is 1. The Morgan fingerprint density at radius 2 is 1.89 bits per heavy atom. The van der Waals surface area contributed by atoms with Crippen LogP contribution in [-0.2, 0) is 14.8 Å². The van der Waals surface area contributed by atoms with Gasteiger partial charge in [0.05, 0.1) is 18.0 Å². The molecular formula is C21H26N2O4S. The molecule has 0 unspecified atom stereocenters. The van der Waals surface area contributed by atoms with Gasteiger partial charge in [0.15, 0.2) is 0 Å². The van der Waals surface area contributed by atoms with E-state index in [2.05, 4.69) is 5.32 Å². The van der Waals surface area contributed by atoms with Gasteiger partial charge in [0, 0.05) is 12.0 Å². The van der Waals surface area contributed by atoms with E-state index in [1.807, 2.05) is 39.0 Å². The standard InChI is InChI=1S/C21H26N2O4S/c1-15-10-11-19-17(12-15)18(13-21(2,3)27-19)22-20(24)14-23(28(4,25)26)16-8-6-5-7-9-16/h5-12,18H,13-14H2,1-4H3,(H,22,24)/t18-/m1/s1. The zero-order chi connectivity index (χ0) is 20.5. The van der Waals surface area contributed by atoms with Gasteiger partial charge in [-0.2, -0.15) is 0 Å². The highest BCUT2D eigenvalue weighted by molar-refractivity contribution is 7.92. The highest BCUT2D eigenvalue weighted by atomic mass is 32.2. The zero-order valence-corrected chi connectivity index (χ0v) is 17.4. The number of aryl methyl sites for hydroxylation is 1. The summed E-state index contributed by atoms with van der Waals surface area (Å²) in [6.07, 6.45) is 1.70. The van der Waals surface area contributed by atoms with Crippen molar-refractivity contribution in [2.45, 2.75) is 38.8 Å². The lowest BCUT2D eigenvalue weighted by atomic mass is 9.89. The van der Waals surface area contributed by atoms with Gasteiger partial charge in [0.1, 0.15) is 17.9 Å². The Bertz CT molecular complexity index is 971. The first kappa shape index (κ1) is 20.2. The number of fused-ring (bicyclic) bond motifs is 1. The Hall–Kier alpha value is -2.54. The molecule has 7 heteroatoms.